The fraction of sp³-hybridized carbons (Fsp3) is 0.222. The van der Waals surface area contributed by atoms with E-state index in [1.54, 1.807) is 13.2 Å². The Morgan fingerprint density at radius 3 is 2.96 bits per heavy atom. The first-order valence-corrected chi connectivity index (χ1v) is 7.49. The lowest BCUT2D eigenvalue weighted by Gasteiger charge is -2.08. The summed E-state index contributed by atoms with van der Waals surface area (Å²) in [6.45, 7) is 0. The fourth-order valence-corrected chi connectivity index (χ4v) is 2.62. The molecule has 0 spiro atoms. The molecule has 23 heavy (non-hydrogen) atoms. The van der Waals surface area contributed by atoms with Crippen LogP contribution in [0.3, 0.4) is 0 Å². The summed E-state index contributed by atoms with van der Waals surface area (Å²) in [6.07, 6.45) is 1.40. The highest BCUT2D eigenvalue weighted by atomic mass is 16.5. The van der Waals surface area contributed by atoms with Gasteiger partial charge in [-0.2, -0.15) is 0 Å². The van der Waals surface area contributed by atoms with E-state index in [1.807, 2.05) is 36.4 Å². The van der Waals surface area contributed by atoms with E-state index in [0.29, 0.717) is 19.3 Å². The monoisotopic (exact) mass is 310 g/mol. The van der Waals surface area contributed by atoms with Crippen LogP contribution in [-0.2, 0) is 22.4 Å². The second kappa shape index (κ2) is 6.52. The quantitative estimate of drug-likeness (QED) is 0.892. The zero-order chi connectivity index (χ0) is 16.2. The average molecular weight is 310 g/mol. The van der Waals surface area contributed by atoms with Gasteiger partial charge >= 0.3 is 0 Å². The van der Waals surface area contributed by atoms with Crippen molar-refractivity contribution in [3.63, 3.8) is 0 Å². The van der Waals surface area contributed by atoms with Gasteiger partial charge in [0.15, 0.2) is 0 Å². The highest BCUT2D eigenvalue weighted by molar-refractivity contribution is 6.00. The highest BCUT2D eigenvalue weighted by Crippen LogP contribution is 2.26. The van der Waals surface area contributed by atoms with Gasteiger partial charge in [0, 0.05) is 17.8 Å². The standard InChI is InChI=1S/C18H18N2O3/c1-23-15-4-2-3-12(9-15)5-8-17(21)19-14-6-7-16-13(10-14)11-18(22)20-16/h2-4,6-7,9-10H,5,8,11H2,1H3,(H,19,21)(H,20,22). The maximum absolute atomic E-state index is 12.1. The number of nitrogens with one attached hydrogen (secondary N) is 2. The van der Waals surface area contributed by atoms with Gasteiger partial charge in [0.1, 0.15) is 5.75 Å². The minimum Gasteiger partial charge on any atom is -0.497 e. The van der Waals surface area contributed by atoms with Crippen LogP contribution in [0.2, 0.25) is 0 Å². The Hall–Kier alpha value is -2.82. The Kier molecular flexibility index (Phi) is 4.28. The molecular formula is C18H18N2O3. The Morgan fingerprint density at radius 1 is 1.26 bits per heavy atom. The number of carbonyl (C=O) groups excluding carboxylic acids is 2. The van der Waals surface area contributed by atoms with E-state index in [2.05, 4.69) is 10.6 Å². The van der Waals surface area contributed by atoms with E-state index in [9.17, 15) is 9.59 Å². The zero-order valence-corrected chi connectivity index (χ0v) is 12.9. The van der Waals surface area contributed by atoms with Crippen LogP contribution in [0, 0.1) is 0 Å². The molecule has 2 amide bonds. The van der Waals surface area contributed by atoms with Crippen LogP contribution in [0.4, 0.5) is 11.4 Å². The summed E-state index contributed by atoms with van der Waals surface area (Å²) < 4.78 is 5.17. The number of hydrogen-bond donors (Lipinski definition) is 2. The van der Waals surface area contributed by atoms with Crippen molar-refractivity contribution in [3.8, 4) is 5.75 Å². The van der Waals surface area contributed by atoms with E-state index < -0.39 is 0 Å². The van der Waals surface area contributed by atoms with Crippen LogP contribution < -0.4 is 15.4 Å². The lowest BCUT2D eigenvalue weighted by Crippen LogP contribution is -2.12. The molecule has 2 N–H and O–H groups in total. The van der Waals surface area contributed by atoms with E-state index >= 15 is 0 Å². The van der Waals surface area contributed by atoms with Crippen molar-refractivity contribution < 1.29 is 14.3 Å². The third kappa shape index (κ3) is 3.69. The minimum absolute atomic E-state index is 0.0125. The average Bonchev–Trinajstić information content (AvgIpc) is 2.92. The first-order chi connectivity index (χ1) is 11.1. The van der Waals surface area contributed by atoms with E-state index in [0.717, 1.165) is 28.3 Å². The van der Waals surface area contributed by atoms with Gasteiger partial charge in [-0.25, -0.2) is 0 Å². The van der Waals surface area contributed by atoms with Gasteiger partial charge in [0.25, 0.3) is 0 Å². The molecule has 5 heteroatoms. The Bertz CT molecular complexity index is 756. The first-order valence-electron chi connectivity index (χ1n) is 7.49. The summed E-state index contributed by atoms with van der Waals surface area (Å²) >= 11 is 0. The molecule has 118 valence electrons. The van der Waals surface area contributed by atoms with Gasteiger partial charge in [-0.3, -0.25) is 9.59 Å². The molecule has 1 aliphatic heterocycles. The number of methoxy groups -OCH3 is 1. The molecule has 0 saturated carbocycles. The highest BCUT2D eigenvalue weighted by Gasteiger charge is 2.17. The number of amides is 2. The number of aryl methyl sites for hydroxylation is 1. The molecule has 1 aliphatic rings. The molecule has 0 bridgehead atoms. The third-order valence-corrected chi connectivity index (χ3v) is 3.79. The summed E-state index contributed by atoms with van der Waals surface area (Å²) in [5.41, 5.74) is 3.52. The second-order valence-electron chi connectivity index (χ2n) is 5.50. The summed E-state index contributed by atoms with van der Waals surface area (Å²) in [5, 5.41) is 5.65. The van der Waals surface area contributed by atoms with Crippen LogP contribution in [0.15, 0.2) is 42.5 Å². The smallest absolute Gasteiger partial charge is 0.228 e. The molecule has 0 aromatic heterocycles. The predicted octanol–water partition coefficient (Wildman–Crippen LogP) is 2.76. The number of ether oxygens (including phenoxy) is 1. The van der Waals surface area contributed by atoms with Crippen LogP contribution in [0.1, 0.15) is 17.5 Å². The molecule has 3 rings (SSSR count). The molecule has 0 atom stereocenters. The van der Waals surface area contributed by atoms with E-state index in [4.69, 9.17) is 4.74 Å². The molecule has 0 radical (unpaired) electrons. The first kappa shape index (κ1) is 15.1. The molecular weight excluding hydrogens is 292 g/mol. The summed E-state index contributed by atoms with van der Waals surface area (Å²) in [7, 11) is 1.62. The van der Waals surface area contributed by atoms with Crippen molar-refractivity contribution in [2.24, 2.45) is 0 Å². The van der Waals surface area contributed by atoms with Gasteiger partial charge in [-0.1, -0.05) is 12.1 Å². The van der Waals surface area contributed by atoms with Gasteiger partial charge < -0.3 is 15.4 Å². The Labute approximate surface area is 134 Å². The van der Waals surface area contributed by atoms with E-state index in [-0.39, 0.29) is 11.8 Å². The van der Waals surface area contributed by atoms with Crippen molar-refractivity contribution in [2.45, 2.75) is 19.3 Å². The third-order valence-electron chi connectivity index (χ3n) is 3.79. The normalized spacial score (nSPS) is 12.5. The SMILES string of the molecule is COc1cccc(CCC(=O)Nc2ccc3c(c2)CC(=O)N3)c1. The molecule has 0 unspecified atom stereocenters. The number of hydrogen-bond acceptors (Lipinski definition) is 3. The summed E-state index contributed by atoms with van der Waals surface area (Å²) in [6, 6.07) is 13.2. The number of anilines is 2. The van der Waals surface area contributed by atoms with Crippen LogP contribution in [0.25, 0.3) is 0 Å². The molecule has 5 nitrogen and oxygen atoms in total. The molecule has 2 aromatic carbocycles. The van der Waals surface area contributed by atoms with Crippen LogP contribution in [0.5, 0.6) is 5.75 Å². The summed E-state index contributed by atoms with van der Waals surface area (Å²) in [5.74, 6) is 0.727. The Balaban J connectivity index is 1.57. The maximum Gasteiger partial charge on any atom is 0.228 e. The van der Waals surface area contributed by atoms with Gasteiger partial charge in [-0.05, 0) is 47.9 Å². The van der Waals surface area contributed by atoms with Gasteiger partial charge in [-0.15, -0.1) is 0 Å². The molecule has 0 fully saturated rings. The van der Waals surface area contributed by atoms with Crippen LogP contribution >= 0.6 is 0 Å². The lowest BCUT2D eigenvalue weighted by atomic mass is 10.1. The minimum atomic E-state index is -0.0509. The largest absolute Gasteiger partial charge is 0.497 e. The van der Waals surface area contributed by atoms with Gasteiger partial charge in [0.2, 0.25) is 11.8 Å². The van der Waals surface area contributed by atoms with Crippen molar-refractivity contribution in [3.05, 3.63) is 53.6 Å². The number of benzene rings is 2. The lowest BCUT2D eigenvalue weighted by molar-refractivity contribution is -0.116. The number of carbonyl (C=O) groups is 2. The van der Waals surface area contributed by atoms with Crippen molar-refractivity contribution in [1.29, 1.82) is 0 Å². The zero-order valence-electron chi connectivity index (χ0n) is 12.9. The second-order valence-corrected chi connectivity index (χ2v) is 5.50. The number of fused-ring (bicyclic) bond motifs is 1. The molecule has 2 aromatic rings. The number of rotatable bonds is 5. The topological polar surface area (TPSA) is 67.4 Å². The molecule has 0 aliphatic carbocycles. The van der Waals surface area contributed by atoms with Gasteiger partial charge in [0.05, 0.1) is 13.5 Å². The van der Waals surface area contributed by atoms with Crippen molar-refractivity contribution in [2.75, 3.05) is 17.7 Å². The summed E-state index contributed by atoms with van der Waals surface area (Å²) in [4.78, 5) is 23.4. The maximum atomic E-state index is 12.1. The Morgan fingerprint density at radius 2 is 2.13 bits per heavy atom. The molecule has 0 saturated heterocycles. The van der Waals surface area contributed by atoms with Crippen LogP contribution in [-0.4, -0.2) is 18.9 Å². The van der Waals surface area contributed by atoms with E-state index in [1.165, 1.54) is 0 Å². The van der Waals surface area contributed by atoms with Crippen molar-refractivity contribution >= 4 is 23.2 Å². The predicted molar refractivity (Wildman–Crippen MR) is 88.7 cm³/mol. The fourth-order valence-electron chi connectivity index (χ4n) is 2.62. The van der Waals surface area contributed by atoms with Crippen molar-refractivity contribution in [1.82, 2.24) is 0 Å². The molecule has 1 heterocycles.